The van der Waals surface area contributed by atoms with E-state index in [1.54, 1.807) is 11.3 Å². The molecule has 2 aliphatic rings. The molecule has 3 rings (SSSR count). The first-order valence-corrected chi connectivity index (χ1v) is 7.35. The van der Waals surface area contributed by atoms with E-state index in [0.29, 0.717) is 12.5 Å². The smallest absolute Gasteiger partial charge is 0.234 e. The third kappa shape index (κ3) is 1.71. The summed E-state index contributed by atoms with van der Waals surface area (Å²) < 4.78 is 0. The second-order valence-corrected chi connectivity index (χ2v) is 6.04. The number of rotatable bonds is 3. The van der Waals surface area contributed by atoms with Crippen LogP contribution in [0.5, 0.6) is 0 Å². The van der Waals surface area contributed by atoms with Gasteiger partial charge in [-0.1, -0.05) is 18.2 Å². The number of hydrogen-bond acceptors (Lipinski definition) is 3. The molecule has 1 aromatic rings. The monoisotopic (exact) mass is 262 g/mol. The highest BCUT2D eigenvalue weighted by Gasteiger charge is 2.62. The minimum absolute atomic E-state index is 0.282. The van der Waals surface area contributed by atoms with Crippen LogP contribution in [0, 0.1) is 5.92 Å². The molecule has 3 nitrogen and oxygen atoms in total. The number of carbonyl (C=O) groups excluding carboxylic acids is 1. The second kappa shape index (κ2) is 4.52. The van der Waals surface area contributed by atoms with Crippen molar-refractivity contribution in [1.82, 2.24) is 4.90 Å². The van der Waals surface area contributed by atoms with E-state index in [1.807, 2.05) is 16.3 Å². The SMILES string of the molecule is NC[C@@H]1C[C@@]1(C(=O)N1CC=CCC1)c1cccs1. The van der Waals surface area contributed by atoms with Crippen LogP contribution < -0.4 is 5.73 Å². The van der Waals surface area contributed by atoms with Crippen LogP contribution >= 0.6 is 11.3 Å². The Kier molecular flexibility index (Phi) is 2.99. The molecule has 0 unspecified atom stereocenters. The predicted octanol–water partition coefficient (Wildman–Crippen LogP) is 1.75. The lowest BCUT2D eigenvalue weighted by atomic mass is 9.98. The summed E-state index contributed by atoms with van der Waals surface area (Å²) in [5.41, 5.74) is 5.51. The van der Waals surface area contributed by atoms with Crippen molar-refractivity contribution in [3.05, 3.63) is 34.5 Å². The summed E-state index contributed by atoms with van der Waals surface area (Å²) in [6.07, 6.45) is 6.13. The lowest BCUT2D eigenvalue weighted by Crippen LogP contribution is -2.42. The van der Waals surface area contributed by atoms with Crippen LogP contribution in [-0.2, 0) is 10.2 Å². The number of nitrogens with two attached hydrogens (primary N) is 1. The van der Waals surface area contributed by atoms with Gasteiger partial charge in [-0.2, -0.15) is 0 Å². The molecule has 2 N–H and O–H groups in total. The summed E-state index contributed by atoms with van der Waals surface area (Å²) >= 11 is 1.68. The first-order valence-electron chi connectivity index (χ1n) is 6.47. The molecule has 1 aliphatic heterocycles. The van der Waals surface area contributed by atoms with Crippen LogP contribution in [0.1, 0.15) is 17.7 Å². The molecule has 2 heterocycles. The molecule has 4 heteroatoms. The number of amides is 1. The lowest BCUT2D eigenvalue weighted by Gasteiger charge is -2.28. The van der Waals surface area contributed by atoms with Crippen molar-refractivity contribution in [2.45, 2.75) is 18.3 Å². The van der Waals surface area contributed by atoms with Crippen molar-refractivity contribution in [2.24, 2.45) is 11.7 Å². The topological polar surface area (TPSA) is 46.3 Å². The van der Waals surface area contributed by atoms with Gasteiger partial charge in [0, 0.05) is 18.0 Å². The molecule has 0 saturated heterocycles. The first-order chi connectivity index (χ1) is 8.79. The lowest BCUT2D eigenvalue weighted by molar-refractivity contribution is -0.133. The van der Waals surface area contributed by atoms with E-state index in [9.17, 15) is 4.79 Å². The van der Waals surface area contributed by atoms with Crippen LogP contribution in [0.4, 0.5) is 0 Å². The van der Waals surface area contributed by atoms with Crippen LogP contribution in [0.2, 0.25) is 0 Å². The average molecular weight is 262 g/mol. The molecule has 0 spiro atoms. The predicted molar refractivity (Wildman–Crippen MR) is 73.5 cm³/mol. The van der Waals surface area contributed by atoms with Gasteiger partial charge in [0.2, 0.25) is 5.91 Å². The largest absolute Gasteiger partial charge is 0.338 e. The number of carbonyl (C=O) groups is 1. The molecule has 18 heavy (non-hydrogen) atoms. The first kappa shape index (κ1) is 11.9. The maximum absolute atomic E-state index is 12.8. The zero-order valence-corrected chi connectivity index (χ0v) is 11.2. The quantitative estimate of drug-likeness (QED) is 0.844. The van der Waals surface area contributed by atoms with Gasteiger partial charge >= 0.3 is 0 Å². The third-order valence-corrected chi connectivity index (χ3v) is 5.13. The molecule has 0 radical (unpaired) electrons. The number of thiophene rings is 1. The van der Waals surface area contributed by atoms with Crippen LogP contribution in [0.3, 0.4) is 0 Å². The van der Waals surface area contributed by atoms with E-state index >= 15 is 0 Å². The molecule has 1 saturated carbocycles. The highest BCUT2D eigenvalue weighted by molar-refractivity contribution is 7.10. The van der Waals surface area contributed by atoms with Crippen molar-refractivity contribution in [3.8, 4) is 0 Å². The Morgan fingerprint density at radius 1 is 1.56 bits per heavy atom. The fourth-order valence-electron chi connectivity index (χ4n) is 2.92. The third-order valence-electron chi connectivity index (χ3n) is 4.08. The molecule has 1 fully saturated rings. The summed E-state index contributed by atoms with van der Waals surface area (Å²) in [6, 6.07) is 4.11. The second-order valence-electron chi connectivity index (χ2n) is 5.10. The number of hydrogen-bond donors (Lipinski definition) is 1. The van der Waals surface area contributed by atoms with Gasteiger partial charge in [0.15, 0.2) is 0 Å². The Labute approximate surface area is 111 Å². The summed E-state index contributed by atoms with van der Waals surface area (Å²) in [6.45, 7) is 2.20. The van der Waals surface area contributed by atoms with Gasteiger partial charge in [-0.05, 0) is 36.8 Å². The molecule has 0 bridgehead atoms. The summed E-state index contributed by atoms with van der Waals surface area (Å²) in [7, 11) is 0. The van der Waals surface area contributed by atoms with Gasteiger partial charge in [0.1, 0.15) is 0 Å². The van der Waals surface area contributed by atoms with Crippen LogP contribution in [-0.4, -0.2) is 30.4 Å². The zero-order chi connectivity index (χ0) is 12.6. The van der Waals surface area contributed by atoms with E-state index in [2.05, 4.69) is 18.2 Å². The van der Waals surface area contributed by atoms with Gasteiger partial charge in [-0.25, -0.2) is 0 Å². The normalized spacial score (nSPS) is 30.5. The van der Waals surface area contributed by atoms with Gasteiger partial charge in [-0.15, -0.1) is 11.3 Å². The van der Waals surface area contributed by atoms with Crippen molar-refractivity contribution in [3.63, 3.8) is 0 Å². The summed E-state index contributed by atoms with van der Waals surface area (Å²) in [4.78, 5) is 16.0. The van der Waals surface area contributed by atoms with Gasteiger partial charge < -0.3 is 10.6 Å². The Morgan fingerprint density at radius 2 is 2.44 bits per heavy atom. The highest BCUT2D eigenvalue weighted by atomic mass is 32.1. The Morgan fingerprint density at radius 3 is 3.00 bits per heavy atom. The zero-order valence-electron chi connectivity index (χ0n) is 10.3. The molecular formula is C14H18N2OS. The summed E-state index contributed by atoms with van der Waals surface area (Å²) in [5, 5.41) is 2.05. The Bertz CT molecular complexity index is 468. The molecule has 1 amide bonds. The minimum atomic E-state index is -0.298. The maximum Gasteiger partial charge on any atom is 0.234 e. The Balaban J connectivity index is 1.87. The number of nitrogens with zero attached hydrogens (tertiary/aromatic N) is 1. The standard InChI is InChI=1S/C14H18N2OS/c15-10-11-9-14(11,12-5-4-8-18-12)13(17)16-6-2-1-3-7-16/h1-2,4-5,8,11H,3,6-7,9-10,15H2/t11-,14-/m0/s1. The van der Waals surface area contributed by atoms with E-state index in [4.69, 9.17) is 5.73 Å². The van der Waals surface area contributed by atoms with E-state index in [1.165, 1.54) is 4.88 Å². The summed E-state index contributed by atoms with van der Waals surface area (Å²) in [5.74, 6) is 0.610. The maximum atomic E-state index is 12.8. The van der Waals surface area contributed by atoms with E-state index in [0.717, 1.165) is 25.9 Å². The highest BCUT2D eigenvalue weighted by Crippen LogP contribution is 2.56. The van der Waals surface area contributed by atoms with Crippen molar-refractivity contribution in [1.29, 1.82) is 0 Å². The molecule has 1 aromatic heterocycles. The van der Waals surface area contributed by atoms with Crippen molar-refractivity contribution >= 4 is 17.2 Å². The molecule has 2 atom stereocenters. The van der Waals surface area contributed by atoms with Crippen molar-refractivity contribution < 1.29 is 4.79 Å². The fourth-order valence-corrected chi connectivity index (χ4v) is 3.93. The average Bonchev–Trinajstić information content (AvgIpc) is 2.91. The van der Waals surface area contributed by atoms with Crippen LogP contribution in [0.15, 0.2) is 29.7 Å². The fraction of sp³-hybridized carbons (Fsp3) is 0.500. The molecule has 1 aliphatic carbocycles. The van der Waals surface area contributed by atoms with Gasteiger partial charge in [0.25, 0.3) is 0 Å². The molecular weight excluding hydrogens is 244 g/mol. The molecule has 0 aromatic carbocycles. The Hall–Kier alpha value is -1.13. The minimum Gasteiger partial charge on any atom is -0.338 e. The molecule has 96 valence electrons. The van der Waals surface area contributed by atoms with Crippen LogP contribution in [0.25, 0.3) is 0 Å². The van der Waals surface area contributed by atoms with Crippen molar-refractivity contribution in [2.75, 3.05) is 19.6 Å². The van der Waals surface area contributed by atoms with E-state index < -0.39 is 0 Å². The van der Waals surface area contributed by atoms with Gasteiger partial charge in [0.05, 0.1) is 5.41 Å². The van der Waals surface area contributed by atoms with E-state index in [-0.39, 0.29) is 11.3 Å². The van der Waals surface area contributed by atoms with Gasteiger partial charge in [-0.3, -0.25) is 4.79 Å².